The van der Waals surface area contributed by atoms with Crippen LogP contribution in [0, 0.1) is 52.3 Å². The van der Waals surface area contributed by atoms with E-state index in [0.29, 0.717) is 50.3 Å². The Morgan fingerprint density at radius 1 is 1.04 bits per heavy atom. The van der Waals surface area contributed by atoms with Crippen LogP contribution in [0.15, 0.2) is 4.99 Å². The fraction of sp³-hybridized carbons (Fsp3) is 0.950. The van der Waals surface area contributed by atoms with E-state index in [0.717, 1.165) is 38.5 Å². The number of aliphatic imine (C=N–C) groups is 1. The number of nitrogens with zero attached hydrogens (tertiary/aromatic N) is 1. The Labute approximate surface area is 294 Å². The number of aliphatic hydroxyl groups excluding tert-OH is 4. The van der Waals surface area contributed by atoms with Gasteiger partial charge in [-0.05, 0) is 107 Å². The van der Waals surface area contributed by atoms with E-state index in [4.69, 9.17) is 9.73 Å². The predicted octanol–water partition coefficient (Wildman–Crippen LogP) is 4.61. The second-order valence-electron chi connectivity index (χ2n) is 18.2. The second kappa shape index (κ2) is 14.1. The third-order valence-corrected chi connectivity index (χ3v) is 15.6. The molecule has 6 fully saturated rings. The van der Waals surface area contributed by atoms with Gasteiger partial charge in [-0.2, -0.15) is 0 Å². The summed E-state index contributed by atoms with van der Waals surface area (Å²) in [5.41, 5.74) is -4.01. The summed E-state index contributed by atoms with van der Waals surface area (Å²) in [6.07, 6.45) is 8.21. The minimum atomic E-state index is -1.55. The fourth-order valence-corrected chi connectivity index (χ4v) is 12.9. The van der Waals surface area contributed by atoms with Gasteiger partial charge in [-0.1, -0.05) is 59.3 Å². The van der Waals surface area contributed by atoms with E-state index in [1.807, 2.05) is 6.92 Å². The van der Waals surface area contributed by atoms with Gasteiger partial charge >= 0.3 is 0 Å². The number of carbonyl (C=O) groups is 1. The van der Waals surface area contributed by atoms with Crippen molar-refractivity contribution in [3.05, 3.63) is 0 Å². The molecule has 1 saturated heterocycles. The lowest BCUT2D eigenvalue weighted by molar-refractivity contribution is -0.229. The van der Waals surface area contributed by atoms with Crippen LogP contribution in [0.25, 0.3) is 0 Å². The van der Waals surface area contributed by atoms with E-state index < -0.39 is 70.3 Å². The molecule has 49 heavy (non-hydrogen) atoms. The summed E-state index contributed by atoms with van der Waals surface area (Å²) >= 11 is 0. The Morgan fingerprint density at radius 2 is 1.76 bits per heavy atom. The maximum atomic E-state index is 14.8. The Kier molecular flexibility index (Phi) is 10.9. The summed E-state index contributed by atoms with van der Waals surface area (Å²) < 4.78 is 6.25. The van der Waals surface area contributed by atoms with Crippen LogP contribution in [0.3, 0.4) is 0 Å². The number of carbonyl (C=O) groups excluding carboxylic acids is 1. The van der Waals surface area contributed by atoms with Crippen LogP contribution in [-0.4, -0.2) is 97.0 Å². The smallest absolute Gasteiger partial charge is 0.180 e. The molecule has 15 atom stereocenters. The lowest BCUT2D eigenvalue weighted by atomic mass is 9.39. The molecule has 1 aliphatic heterocycles. The van der Waals surface area contributed by atoms with Crippen LogP contribution in [0.5, 0.6) is 0 Å². The molecule has 0 aromatic heterocycles. The largest absolute Gasteiger partial charge is 0.391 e. The molecule has 9 nitrogen and oxygen atoms in total. The summed E-state index contributed by atoms with van der Waals surface area (Å²) in [5, 5.41) is 70.1. The standard InChI is InChI=1S/C40H67NO8/c1-6-7-8-9-12-25-22-49-35(24(25)3)36(46)38(5,47)31-16-18-40(48)32-27(15-17-37(31,40)4)39(26-13-10-11-14-26)20-30(44)29(43)19-28(39)34(45)33(32)41-21-23(2)42/h23-32,35-36,42-44,46-48H,6-22H2,1-5H3/t23-,24-,25+,27-,28-,29+,30-,31-,32+,35+,36+,37+,38+,39-,40+/m0/s1. The summed E-state index contributed by atoms with van der Waals surface area (Å²) in [6.45, 7) is 10.4. The maximum absolute atomic E-state index is 14.8. The van der Waals surface area contributed by atoms with Crippen molar-refractivity contribution in [2.24, 2.45) is 57.2 Å². The van der Waals surface area contributed by atoms with Gasteiger partial charge in [0.15, 0.2) is 5.78 Å². The first-order valence-corrected chi connectivity index (χ1v) is 20.0. The zero-order chi connectivity index (χ0) is 35.5. The van der Waals surface area contributed by atoms with Crippen molar-refractivity contribution in [1.82, 2.24) is 0 Å². The maximum Gasteiger partial charge on any atom is 0.180 e. The van der Waals surface area contributed by atoms with E-state index in [1.165, 1.54) is 19.3 Å². The highest BCUT2D eigenvalue weighted by molar-refractivity contribution is 6.42. The molecule has 9 heteroatoms. The van der Waals surface area contributed by atoms with Gasteiger partial charge in [0.2, 0.25) is 0 Å². The zero-order valence-corrected chi connectivity index (χ0v) is 30.9. The van der Waals surface area contributed by atoms with E-state index in [1.54, 1.807) is 13.8 Å². The quantitative estimate of drug-likeness (QED) is 0.172. The van der Waals surface area contributed by atoms with Crippen molar-refractivity contribution >= 4 is 11.5 Å². The molecular weight excluding hydrogens is 622 g/mol. The Balaban J connectivity index is 1.34. The van der Waals surface area contributed by atoms with E-state index in [9.17, 15) is 35.4 Å². The van der Waals surface area contributed by atoms with Gasteiger partial charge in [0, 0.05) is 17.3 Å². The first kappa shape index (κ1) is 37.8. The molecule has 1 heterocycles. The number of ketones is 1. The number of hydrogen-bond donors (Lipinski definition) is 6. The van der Waals surface area contributed by atoms with Crippen LogP contribution in [0.2, 0.25) is 0 Å². The number of aliphatic hydroxyl groups is 6. The van der Waals surface area contributed by atoms with Gasteiger partial charge < -0.3 is 35.4 Å². The van der Waals surface area contributed by atoms with E-state index in [2.05, 4.69) is 13.8 Å². The minimum absolute atomic E-state index is 0.0434. The lowest BCUT2D eigenvalue weighted by Crippen LogP contribution is -2.71. The number of rotatable bonds is 11. The SMILES string of the molecule is CCCCCC[C@@H]1CO[C@@H]([C@@H](O)[C@](C)(O)[C@H]2CC[C@@]3(O)[C@H]4C(=NC[C@H](C)O)C(=O)[C@@H]5C[C@@H](O)[C@@H](O)C[C@]5(C5CCCC5)[C@H]4CC[C@]23C)[C@H]1C. The van der Waals surface area contributed by atoms with Gasteiger partial charge in [-0.15, -0.1) is 0 Å². The second-order valence-corrected chi connectivity index (χ2v) is 18.2. The molecule has 0 radical (unpaired) electrons. The van der Waals surface area contributed by atoms with Crippen molar-refractivity contribution < 1.29 is 40.2 Å². The number of hydrogen-bond acceptors (Lipinski definition) is 9. The number of ether oxygens (including phenoxy) is 1. The van der Waals surface area contributed by atoms with E-state index in [-0.39, 0.29) is 36.5 Å². The monoisotopic (exact) mass is 689 g/mol. The highest BCUT2D eigenvalue weighted by Crippen LogP contribution is 2.72. The van der Waals surface area contributed by atoms with Crippen molar-refractivity contribution in [3.63, 3.8) is 0 Å². The molecule has 0 bridgehead atoms. The molecular formula is C40H67NO8. The minimum Gasteiger partial charge on any atom is -0.391 e. The Bertz CT molecular complexity index is 1220. The third kappa shape index (κ3) is 6.01. The average Bonchev–Trinajstić information content (AvgIpc) is 3.78. The molecule has 0 aromatic carbocycles. The number of Topliss-reactive ketones (excluding diaryl/α,β-unsaturated/α-hetero) is 1. The molecule has 5 saturated carbocycles. The molecule has 5 aliphatic carbocycles. The summed E-state index contributed by atoms with van der Waals surface area (Å²) in [5.74, 6) is -1.20. The van der Waals surface area contributed by atoms with Crippen LogP contribution in [0.1, 0.15) is 131 Å². The summed E-state index contributed by atoms with van der Waals surface area (Å²) in [4.78, 5) is 19.6. The van der Waals surface area contributed by atoms with Gasteiger partial charge in [0.25, 0.3) is 0 Å². The van der Waals surface area contributed by atoms with E-state index >= 15 is 0 Å². The lowest BCUT2D eigenvalue weighted by Gasteiger charge is -2.66. The average molecular weight is 690 g/mol. The van der Waals surface area contributed by atoms with Gasteiger partial charge in [0.05, 0.1) is 54.5 Å². The van der Waals surface area contributed by atoms with Gasteiger partial charge in [-0.25, -0.2) is 0 Å². The molecule has 6 N–H and O–H groups in total. The summed E-state index contributed by atoms with van der Waals surface area (Å²) in [6, 6.07) is 0. The van der Waals surface area contributed by atoms with Crippen molar-refractivity contribution in [2.45, 2.75) is 173 Å². The summed E-state index contributed by atoms with van der Waals surface area (Å²) in [7, 11) is 0. The topological polar surface area (TPSA) is 160 Å². The third-order valence-electron chi connectivity index (χ3n) is 15.6. The van der Waals surface area contributed by atoms with Crippen molar-refractivity contribution in [2.75, 3.05) is 13.2 Å². The highest BCUT2D eigenvalue weighted by atomic mass is 16.5. The first-order chi connectivity index (χ1) is 23.1. The molecule has 280 valence electrons. The van der Waals surface area contributed by atoms with Crippen LogP contribution in [0.4, 0.5) is 0 Å². The Morgan fingerprint density at radius 3 is 2.43 bits per heavy atom. The molecule has 0 aromatic rings. The van der Waals surface area contributed by atoms with Crippen molar-refractivity contribution in [1.29, 1.82) is 0 Å². The van der Waals surface area contributed by atoms with Crippen LogP contribution < -0.4 is 0 Å². The highest BCUT2D eigenvalue weighted by Gasteiger charge is 2.75. The van der Waals surface area contributed by atoms with Crippen molar-refractivity contribution in [3.8, 4) is 0 Å². The number of fused-ring (bicyclic) bond motifs is 5. The molecule has 6 aliphatic rings. The fourth-order valence-electron chi connectivity index (χ4n) is 12.9. The van der Waals surface area contributed by atoms with Crippen LogP contribution in [-0.2, 0) is 9.53 Å². The van der Waals surface area contributed by atoms with Crippen LogP contribution >= 0.6 is 0 Å². The molecule has 0 unspecified atom stereocenters. The molecule has 6 rings (SSSR count). The predicted molar refractivity (Wildman–Crippen MR) is 188 cm³/mol. The Hall–Kier alpha value is -0.940. The zero-order valence-electron chi connectivity index (χ0n) is 30.9. The molecule has 0 spiro atoms. The first-order valence-electron chi connectivity index (χ1n) is 20.0. The van der Waals surface area contributed by atoms with Gasteiger partial charge in [0.1, 0.15) is 6.10 Å². The number of unbranched alkanes of at least 4 members (excludes halogenated alkanes) is 3. The normalized spacial score (nSPS) is 47.4. The molecule has 0 amide bonds. The van der Waals surface area contributed by atoms with Gasteiger partial charge in [-0.3, -0.25) is 9.79 Å².